The number of benzene rings is 3. The molecule has 0 unspecified atom stereocenters. The number of aryl methyl sites for hydroxylation is 1. The van der Waals surface area contributed by atoms with Crippen LogP contribution in [0.1, 0.15) is 27.2 Å². The molecule has 0 radical (unpaired) electrons. The molecule has 0 aliphatic heterocycles. The molecule has 166 valence electrons. The average Bonchev–Trinajstić information content (AvgIpc) is 2.82. The fraction of sp³-hybridized carbons (Fsp3) is 0.321. The molecule has 4 rings (SSSR count). The molecule has 0 aliphatic rings. The summed E-state index contributed by atoms with van der Waals surface area (Å²) in [6.07, 6.45) is 1.11. The summed E-state index contributed by atoms with van der Waals surface area (Å²) in [7, 11) is 0. The molecule has 1 heterocycles. The van der Waals surface area contributed by atoms with Crippen LogP contribution in [0.4, 0.5) is 11.4 Å². The van der Waals surface area contributed by atoms with Crippen LogP contribution in [0.3, 0.4) is 0 Å². The molecule has 0 aliphatic carbocycles. The standard InChI is InChI=1S/C28H35N4/c1-4-32(5-2,6-3)18-10-17-31-27-20-23(30)14-16-25(27)24-15-13-22(29)19-26(24)28(31)21-11-8-7-9-12-21/h7-9,11-16,19-20,30H,4-6,10,17-18,29H2,1-3H3/q+1/p+1. The minimum absolute atomic E-state index is 0.787. The highest BCUT2D eigenvalue weighted by Gasteiger charge is 2.26. The second-order valence-corrected chi connectivity index (χ2v) is 8.82. The number of nitrogens with two attached hydrogens (primary N) is 2. The Hall–Kier alpha value is -3.11. The summed E-state index contributed by atoms with van der Waals surface area (Å²) in [5.74, 6) is 0. The van der Waals surface area contributed by atoms with Crippen LogP contribution in [0, 0.1) is 0 Å². The van der Waals surface area contributed by atoms with Crippen molar-refractivity contribution in [1.82, 2.24) is 0 Å². The Morgan fingerprint density at radius 3 is 2.00 bits per heavy atom. The number of rotatable bonds is 8. The Morgan fingerprint density at radius 2 is 1.34 bits per heavy atom. The highest BCUT2D eigenvalue weighted by Crippen LogP contribution is 2.33. The fourth-order valence-electron chi connectivity index (χ4n) is 5.11. The summed E-state index contributed by atoms with van der Waals surface area (Å²) in [5.41, 5.74) is 17.7. The quantitative estimate of drug-likeness (QED) is 0.171. The van der Waals surface area contributed by atoms with E-state index in [1.165, 1.54) is 59.1 Å². The van der Waals surface area contributed by atoms with Crippen LogP contribution in [0.5, 0.6) is 0 Å². The van der Waals surface area contributed by atoms with Gasteiger partial charge in [-0.15, -0.1) is 0 Å². The van der Waals surface area contributed by atoms with Crippen molar-refractivity contribution >= 4 is 33.1 Å². The lowest BCUT2D eigenvalue weighted by Crippen LogP contribution is -2.49. The molecule has 32 heavy (non-hydrogen) atoms. The van der Waals surface area contributed by atoms with Crippen molar-refractivity contribution in [3.8, 4) is 11.3 Å². The number of nitrogen functional groups attached to an aromatic ring is 2. The van der Waals surface area contributed by atoms with Crippen molar-refractivity contribution in [3.05, 3.63) is 66.7 Å². The van der Waals surface area contributed by atoms with E-state index < -0.39 is 0 Å². The SMILES string of the molecule is CC[N+](CC)(CC)CCC[n+]1c(-c2ccccc2)c2cc(N)ccc2c2ccc(N)cc21. The summed E-state index contributed by atoms with van der Waals surface area (Å²) in [6, 6.07) is 23.2. The third-order valence-corrected chi connectivity index (χ3v) is 7.25. The van der Waals surface area contributed by atoms with E-state index in [1.807, 2.05) is 12.1 Å². The van der Waals surface area contributed by atoms with Gasteiger partial charge in [0.15, 0.2) is 6.54 Å². The number of pyridine rings is 1. The smallest absolute Gasteiger partial charge is 0.220 e. The first-order valence-corrected chi connectivity index (χ1v) is 11.9. The fourth-order valence-corrected chi connectivity index (χ4v) is 5.11. The minimum atomic E-state index is 0.787. The Bertz CT molecular complexity index is 1220. The van der Waals surface area contributed by atoms with Gasteiger partial charge >= 0.3 is 0 Å². The zero-order chi connectivity index (χ0) is 22.7. The molecule has 0 bridgehead atoms. The van der Waals surface area contributed by atoms with E-state index in [-0.39, 0.29) is 0 Å². The van der Waals surface area contributed by atoms with Gasteiger partial charge in [-0.1, -0.05) is 24.3 Å². The van der Waals surface area contributed by atoms with Gasteiger partial charge < -0.3 is 16.0 Å². The van der Waals surface area contributed by atoms with E-state index in [4.69, 9.17) is 11.5 Å². The number of quaternary nitrogens is 1. The first-order valence-electron chi connectivity index (χ1n) is 11.9. The van der Waals surface area contributed by atoms with E-state index in [0.29, 0.717) is 0 Å². The van der Waals surface area contributed by atoms with Gasteiger partial charge in [0.05, 0.1) is 43.4 Å². The Kier molecular flexibility index (Phi) is 6.33. The second kappa shape index (κ2) is 9.17. The Balaban J connectivity index is 1.95. The second-order valence-electron chi connectivity index (χ2n) is 8.82. The van der Waals surface area contributed by atoms with E-state index in [0.717, 1.165) is 28.8 Å². The van der Waals surface area contributed by atoms with Crippen molar-refractivity contribution < 1.29 is 9.05 Å². The van der Waals surface area contributed by atoms with Crippen molar-refractivity contribution in [3.63, 3.8) is 0 Å². The van der Waals surface area contributed by atoms with Crippen molar-refractivity contribution in [2.75, 3.05) is 37.6 Å². The number of aromatic nitrogens is 1. The van der Waals surface area contributed by atoms with Gasteiger partial charge in [-0.2, -0.15) is 4.57 Å². The molecule has 4 aromatic rings. The Labute approximate surface area is 191 Å². The lowest BCUT2D eigenvalue weighted by atomic mass is 9.98. The average molecular weight is 429 g/mol. The van der Waals surface area contributed by atoms with E-state index in [2.05, 4.69) is 79.9 Å². The highest BCUT2D eigenvalue weighted by atomic mass is 15.3. The third kappa shape index (κ3) is 4.03. The molecule has 4 nitrogen and oxygen atoms in total. The predicted octanol–water partition coefficient (Wildman–Crippen LogP) is 5.38. The highest BCUT2D eigenvalue weighted by molar-refractivity contribution is 6.10. The topological polar surface area (TPSA) is 55.9 Å². The lowest BCUT2D eigenvalue weighted by Gasteiger charge is -2.35. The molecule has 0 spiro atoms. The van der Waals surface area contributed by atoms with Crippen molar-refractivity contribution in [1.29, 1.82) is 0 Å². The third-order valence-electron chi connectivity index (χ3n) is 7.25. The van der Waals surface area contributed by atoms with Gasteiger partial charge in [-0.25, -0.2) is 0 Å². The van der Waals surface area contributed by atoms with E-state index >= 15 is 0 Å². The maximum Gasteiger partial charge on any atom is 0.220 e. The number of fused-ring (bicyclic) bond motifs is 3. The lowest BCUT2D eigenvalue weighted by molar-refractivity contribution is -0.925. The van der Waals surface area contributed by atoms with Crippen LogP contribution in [0.2, 0.25) is 0 Å². The maximum absolute atomic E-state index is 6.28. The molecule has 0 atom stereocenters. The Morgan fingerprint density at radius 1 is 0.719 bits per heavy atom. The van der Waals surface area contributed by atoms with Gasteiger partial charge in [0.2, 0.25) is 11.2 Å². The summed E-state index contributed by atoms with van der Waals surface area (Å²) in [5, 5.41) is 3.62. The van der Waals surface area contributed by atoms with Gasteiger partial charge in [0.25, 0.3) is 0 Å². The molecular weight excluding hydrogens is 392 g/mol. The molecule has 3 aromatic carbocycles. The normalized spacial score (nSPS) is 12.0. The maximum atomic E-state index is 6.28. The molecular formula is C28H36N4+2. The molecule has 0 saturated heterocycles. The predicted molar refractivity (Wildman–Crippen MR) is 137 cm³/mol. The molecule has 0 saturated carbocycles. The number of anilines is 2. The van der Waals surface area contributed by atoms with Gasteiger partial charge in [0, 0.05) is 28.4 Å². The van der Waals surface area contributed by atoms with Crippen LogP contribution in [0.15, 0.2) is 66.7 Å². The number of nitrogens with zero attached hydrogens (tertiary/aromatic N) is 2. The molecule has 4 N–H and O–H groups in total. The molecule has 0 amide bonds. The summed E-state index contributed by atoms with van der Waals surface area (Å²) >= 11 is 0. The van der Waals surface area contributed by atoms with Crippen LogP contribution >= 0.6 is 0 Å². The largest absolute Gasteiger partial charge is 0.399 e. The van der Waals surface area contributed by atoms with Crippen molar-refractivity contribution in [2.45, 2.75) is 33.7 Å². The molecule has 0 fully saturated rings. The minimum Gasteiger partial charge on any atom is -0.399 e. The zero-order valence-electron chi connectivity index (χ0n) is 19.6. The van der Waals surface area contributed by atoms with Crippen molar-refractivity contribution in [2.24, 2.45) is 0 Å². The summed E-state index contributed by atoms with van der Waals surface area (Å²) < 4.78 is 3.63. The molecule has 1 aromatic heterocycles. The first-order chi connectivity index (χ1) is 15.5. The van der Waals surface area contributed by atoms with Crippen LogP contribution < -0.4 is 16.0 Å². The van der Waals surface area contributed by atoms with E-state index in [9.17, 15) is 0 Å². The summed E-state index contributed by atoms with van der Waals surface area (Å²) in [6.45, 7) is 12.6. The first kappa shape index (κ1) is 22.1. The van der Waals surface area contributed by atoms with Gasteiger partial charge in [-0.3, -0.25) is 0 Å². The zero-order valence-corrected chi connectivity index (χ0v) is 19.6. The van der Waals surface area contributed by atoms with Crippen LogP contribution in [-0.4, -0.2) is 30.7 Å². The van der Waals surface area contributed by atoms with Gasteiger partial charge in [-0.05, 0) is 57.2 Å². The summed E-state index contributed by atoms with van der Waals surface area (Å²) in [4.78, 5) is 0. The van der Waals surface area contributed by atoms with Gasteiger partial charge in [0.1, 0.15) is 0 Å². The monoisotopic (exact) mass is 428 g/mol. The number of hydrogen-bond acceptors (Lipinski definition) is 2. The number of hydrogen-bond donors (Lipinski definition) is 2. The van der Waals surface area contributed by atoms with E-state index in [1.54, 1.807) is 0 Å². The molecule has 4 heteroatoms. The van der Waals surface area contributed by atoms with Crippen LogP contribution in [0.25, 0.3) is 32.9 Å². The van der Waals surface area contributed by atoms with Crippen LogP contribution in [-0.2, 0) is 6.54 Å².